The van der Waals surface area contributed by atoms with Crippen molar-refractivity contribution >= 4 is 27.5 Å². The fourth-order valence-electron chi connectivity index (χ4n) is 1.53. The molecular weight excluding hydrogens is 302 g/mol. The van der Waals surface area contributed by atoms with Gasteiger partial charge in [-0.05, 0) is 31.0 Å². The first-order valence-electron chi connectivity index (χ1n) is 5.91. The van der Waals surface area contributed by atoms with E-state index in [-0.39, 0.29) is 34.0 Å². The quantitative estimate of drug-likeness (QED) is 0.838. The number of amides is 1. The molecule has 0 heterocycles. The molecule has 0 saturated heterocycles. The van der Waals surface area contributed by atoms with Gasteiger partial charge >= 0.3 is 0 Å². The minimum atomic E-state index is -3.88. The van der Waals surface area contributed by atoms with Crippen LogP contribution in [0, 0.1) is 11.3 Å². The SMILES string of the molecule is N#Cc1ccc(S(=O)(=O)NCC(=O)NC2CC2)c(Cl)c1. The van der Waals surface area contributed by atoms with Crippen LogP contribution in [0.1, 0.15) is 18.4 Å². The lowest BCUT2D eigenvalue weighted by Gasteiger charge is -2.08. The van der Waals surface area contributed by atoms with E-state index in [2.05, 4.69) is 10.0 Å². The summed E-state index contributed by atoms with van der Waals surface area (Å²) in [6, 6.07) is 5.89. The number of halogens is 1. The summed E-state index contributed by atoms with van der Waals surface area (Å²) in [7, 11) is -3.88. The predicted octanol–water partition coefficient (Wildman–Crippen LogP) is 0.769. The van der Waals surface area contributed by atoms with Gasteiger partial charge in [-0.3, -0.25) is 4.79 Å². The molecule has 1 fully saturated rings. The topological polar surface area (TPSA) is 99.1 Å². The van der Waals surface area contributed by atoms with Crippen molar-refractivity contribution in [3.05, 3.63) is 28.8 Å². The number of nitrogens with zero attached hydrogens (tertiary/aromatic N) is 1. The Hall–Kier alpha value is -1.62. The molecule has 0 aliphatic heterocycles. The normalized spacial score (nSPS) is 14.6. The van der Waals surface area contributed by atoms with Gasteiger partial charge in [0.2, 0.25) is 15.9 Å². The van der Waals surface area contributed by atoms with Crippen LogP contribution in [0.25, 0.3) is 0 Å². The van der Waals surface area contributed by atoms with Crippen LogP contribution in [-0.4, -0.2) is 26.9 Å². The number of hydrogen-bond acceptors (Lipinski definition) is 4. The van der Waals surface area contributed by atoms with Gasteiger partial charge in [0.15, 0.2) is 0 Å². The molecular formula is C12H12ClN3O3S. The van der Waals surface area contributed by atoms with E-state index in [0.717, 1.165) is 12.8 Å². The van der Waals surface area contributed by atoms with Crippen molar-refractivity contribution in [2.24, 2.45) is 0 Å². The first-order chi connectivity index (χ1) is 9.42. The molecule has 0 unspecified atom stereocenters. The van der Waals surface area contributed by atoms with Gasteiger partial charge in [-0.25, -0.2) is 13.1 Å². The molecule has 2 N–H and O–H groups in total. The molecule has 106 valence electrons. The highest BCUT2D eigenvalue weighted by atomic mass is 35.5. The zero-order valence-corrected chi connectivity index (χ0v) is 12.0. The number of benzene rings is 1. The molecule has 1 aromatic carbocycles. The lowest BCUT2D eigenvalue weighted by molar-refractivity contribution is -0.120. The monoisotopic (exact) mass is 313 g/mol. The highest BCUT2D eigenvalue weighted by Crippen LogP contribution is 2.22. The van der Waals surface area contributed by atoms with Crippen LogP contribution in [0.15, 0.2) is 23.1 Å². The molecule has 1 aliphatic carbocycles. The maximum atomic E-state index is 12.0. The fourth-order valence-corrected chi connectivity index (χ4v) is 3.06. The molecule has 1 aromatic rings. The lowest BCUT2D eigenvalue weighted by Crippen LogP contribution is -2.37. The van der Waals surface area contributed by atoms with Gasteiger partial charge in [0.05, 0.1) is 23.2 Å². The molecule has 0 aromatic heterocycles. The van der Waals surface area contributed by atoms with Crippen molar-refractivity contribution < 1.29 is 13.2 Å². The highest BCUT2D eigenvalue weighted by Gasteiger charge is 2.24. The van der Waals surface area contributed by atoms with E-state index in [9.17, 15) is 13.2 Å². The maximum absolute atomic E-state index is 12.0. The number of nitriles is 1. The van der Waals surface area contributed by atoms with Gasteiger partial charge < -0.3 is 5.32 Å². The standard InChI is InChI=1S/C12H12ClN3O3S/c13-10-5-8(6-14)1-4-11(10)20(18,19)15-7-12(17)16-9-2-3-9/h1,4-5,9,15H,2-3,7H2,(H,16,17). The summed E-state index contributed by atoms with van der Waals surface area (Å²) < 4.78 is 26.2. The van der Waals surface area contributed by atoms with E-state index in [0.29, 0.717) is 0 Å². The Morgan fingerprint density at radius 3 is 2.70 bits per heavy atom. The number of nitrogens with one attached hydrogen (secondary N) is 2. The third-order valence-electron chi connectivity index (χ3n) is 2.72. The molecule has 0 radical (unpaired) electrons. The largest absolute Gasteiger partial charge is 0.352 e. The molecule has 0 spiro atoms. The molecule has 20 heavy (non-hydrogen) atoms. The average Bonchev–Trinajstić information content (AvgIpc) is 3.20. The summed E-state index contributed by atoms with van der Waals surface area (Å²) in [5.74, 6) is -0.374. The second kappa shape index (κ2) is 5.79. The van der Waals surface area contributed by atoms with E-state index in [4.69, 9.17) is 16.9 Å². The maximum Gasteiger partial charge on any atom is 0.242 e. The van der Waals surface area contributed by atoms with Crippen LogP contribution < -0.4 is 10.0 Å². The second-order valence-electron chi connectivity index (χ2n) is 4.42. The van der Waals surface area contributed by atoms with E-state index in [1.807, 2.05) is 6.07 Å². The van der Waals surface area contributed by atoms with Crippen molar-refractivity contribution in [3.8, 4) is 6.07 Å². The summed E-state index contributed by atoms with van der Waals surface area (Å²) in [6.07, 6.45) is 1.86. The number of carbonyl (C=O) groups excluding carboxylic acids is 1. The molecule has 1 amide bonds. The van der Waals surface area contributed by atoms with Crippen LogP contribution in [0.2, 0.25) is 5.02 Å². The van der Waals surface area contributed by atoms with Gasteiger partial charge in [-0.1, -0.05) is 11.6 Å². The van der Waals surface area contributed by atoms with Crippen LogP contribution >= 0.6 is 11.6 Å². The second-order valence-corrected chi connectivity index (χ2v) is 6.57. The summed E-state index contributed by atoms with van der Waals surface area (Å²) in [5.41, 5.74) is 0.264. The Morgan fingerprint density at radius 1 is 1.45 bits per heavy atom. The Kier molecular flexibility index (Phi) is 4.28. The molecule has 2 rings (SSSR count). The summed E-state index contributed by atoms with van der Waals surface area (Å²) >= 11 is 5.83. The van der Waals surface area contributed by atoms with Gasteiger partial charge in [-0.2, -0.15) is 5.26 Å². The van der Waals surface area contributed by atoms with Crippen molar-refractivity contribution in [3.63, 3.8) is 0 Å². The molecule has 0 bridgehead atoms. The van der Waals surface area contributed by atoms with Crippen LogP contribution in [-0.2, 0) is 14.8 Å². The van der Waals surface area contributed by atoms with Crippen molar-refractivity contribution in [2.75, 3.05) is 6.54 Å². The summed E-state index contributed by atoms with van der Waals surface area (Å²) in [4.78, 5) is 11.3. The van der Waals surface area contributed by atoms with Crippen LogP contribution in [0.3, 0.4) is 0 Å². The molecule has 1 aliphatic rings. The van der Waals surface area contributed by atoms with E-state index < -0.39 is 10.0 Å². The Bertz CT molecular complexity index is 678. The van der Waals surface area contributed by atoms with E-state index in [1.54, 1.807) is 0 Å². The zero-order chi connectivity index (χ0) is 14.8. The van der Waals surface area contributed by atoms with E-state index in [1.165, 1.54) is 18.2 Å². The smallest absolute Gasteiger partial charge is 0.242 e. The minimum Gasteiger partial charge on any atom is -0.352 e. The van der Waals surface area contributed by atoms with Gasteiger partial charge in [0.1, 0.15) is 4.90 Å². The number of hydrogen-bond donors (Lipinski definition) is 2. The highest BCUT2D eigenvalue weighted by molar-refractivity contribution is 7.89. The first kappa shape index (κ1) is 14.8. The fraction of sp³-hybridized carbons (Fsp3) is 0.333. The summed E-state index contributed by atoms with van der Waals surface area (Å²) in [6.45, 7) is -0.338. The van der Waals surface area contributed by atoms with Gasteiger partial charge in [-0.15, -0.1) is 0 Å². The number of sulfonamides is 1. The van der Waals surface area contributed by atoms with Crippen LogP contribution in [0.4, 0.5) is 0 Å². The molecule has 6 nitrogen and oxygen atoms in total. The number of rotatable bonds is 5. The zero-order valence-electron chi connectivity index (χ0n) is 10.4. The van der Waals surface area contributed by atoms with Crippen molar-refractivity contribution in [1.29, 1.82) is 5.26 Å². The average molecular weight is 314 g/mol. The first-order valence-corrected chi connectivity index (χ1v) is 7.77. The molecule has 8 heteroatoms. The minimum absolute atomic E-state index is 0.0563. The molecule has 1 saturated carbocycles. The predicted molar refractivity (Wildman–Crippen MR) is 72.5 cm³/mol. The third kappa shape index (κ3) is 3.70. The van der Waals surface area contributed by atoms with Crippen LogP contribution in [0.5, 0.6) is 0 Å². The molecule has 0 atom stereocenters. The van der Waals surface area contributed by atoms with E-state index >= 15 is 0 Å². The Morgan fingerprint density at radius 2 is 2.15 bits per heavy atom. The third-order valence-corrected chi connectivity index (χ3v) is 4.60. The van der Waals surface area contributed by atoms with Gasteiger partial charge in [0.25, 0.3) is 0 Å². The Labute approximate surface area is 121 Å². The summed E-state index contributed by atoms with van der Waals surface area (Å²) in [5, 5.41) is 11.3. The van der Waals surface area contributed by atoms with Crippen molar-refractivity contribution in [2.45, 2.75) is 23.8 Å². The Balaban J connectivity index is 2.05. The lowest BCUT2D eigenvalue weighted by atomic mass is 10.2. The van der Waals surface area contributed by atoms with Gasteiger partial charge in [0, 0.05) is 6.04 Å². The number of carbonyl (C=O) groups is 1. The van der Waals surface area contributed by atoms with Crippen molar-refractivity contribution in [1.82, 2.24) is 10.0 Å².